The van der Waals surface area contributed by atoms with Crippen molar-refractivity contribution in [2.75, 3.05) is 6.61 Å². The fourth-order valence-corrected chi connectivity index (χ4v) is 6.18. The first kappa shape index (κ1) is 18.7. The molecule has 0 amide bonds. The van der Waals surface area contributed by atoms with Crippen molar-refractivity contribution >= 4 is 0 Å². The van der Waals surface area contributed by atoms with Crippen LogP contribution in [0.1, 0.15) is 77.6 Å². The van der Waals surface area contributed by atoms with Crippen LogP contribution in [0.3, 0.4) is 0 Å². The molecule has 6 atom stereocenters. The molecule has 24 heavy (non-hydrogen) atoms. The van der Waals surface area contributed by atoms with E-state index >= 15 is 0 Å². The van der Waals surface area contributed by atoms with E-state index in [0.29, 0.717) is 24.4 Å². The molecule has 0 aromatic rings. The first-order valence-electron chi connectivity index (χ1n) is 10.6. The molecule has 0 heterocycles. The summed E-state index contributed by atoms with van der Waals surface area (Å²) in [5.41, 5.74) is 6.15. The second kappa shape index (κ2) is 8.51. The van der Waals surface area contributed by atoms with Gasteiger partial charge in [-0.05, 0) is 100 Å². The molecule has 3 aliphatic rings. The Morgan fingerprint density at radius 2 is 1.58 bits per heavy atom. The summed E-state index contributed by atoms with van der Waals surface area (Å²) in [5.74, 6) is 4.11. The zero-order chi connectivity index (χ0) is 17.1. The molecule has 0 aliphatic heterocycles. The minimum absolute atomic E-state index is 0.0880. The summed E-state index contributed by atoms with van der Waals surface area (Å²) in [6.07, 6.45) is 13.6. The summed E-state index contributed by atoms with van der Waals surface area (Å²) < 4.78 is 0. The minimum Gasteiger partial charge on any atom is -0.396 e. The smallest absolute Gasteiger partial charge is 0.0571 e. The Morgan fingerprint density at radius 3 is 2.25 bits per heavy atom. The first-order chi connectivity index (χ1) is 11.6. The molecular formula is C21H39NO2. The van der Waals surface area contributed by atoms with Crippen LogP contribution in [-0.4, -0.2) is 29.0 Å². The highest BCUT2D eigenvalue weighted by Gasteiger charge is 2.39. The molecule has 3 fully saturated rings. The third-order valence-electron chi connectivity index (χ3n) is 7.82. The van der Waals surface area contributed by atoms with E-state index in [2.05, 4.69) is 6.92 Å². The van der Waals surface area contributed by atoms with E-state index in [4.69, 9.17) is 5.73 Å². The zero-order valence-electron chi connectivity index (χ0n) is 15.6. The highest BCUT2D eigenvalue weighted by molar-refractivity contribution is 4.90. The second-order valence-electron chi connectivity index (χ2n) is 9.31. The summed E-state index contributed by atoms with van der Waals surface area (Å²) >= 11 is 0. The van der Waals surface area contributed by atoms with Crippen molar-refractivity contribution in [1.82, 2.24) is 0 Å². The van der Waals surface area contributed by atoms with E-state index < -0.39 is 0 Å². The Bertz CT molecular complexity index is 378. The number of aliphatic hydroxyl groups excluding tert-OH is 2. The third-order valence-corrected chi connectivity index (χ3v) is 7.82. The molecule has 3 nitrogen and oxygen atoms in total. The van der Waals surface area contributed by atoms with Crippen molar-refractivity contribution < 1.29 is 10.2 Å². The Balaban J connectivity index is 1.51. The van der Waals surface area contributed by atoms with Gasteiger partial charge >= 0.3 is 0 Å². The Kier molecular flexibility index (Phi) is 6.62. The highest BCUT2D eigenvalue weighted by Crippen LogP contribution is 2.46. The molecule has 4 N–H and O–H groups in total. The predicted octanol–water partition coefficient (Wildman–Crippen LogP) is 3.72. The molecule has 3 rings (SSSR count). The Morgan fingerprint density at radius 1 is 0.875 bits per heavy atom. The van der Waals surface area contributed by atoms with Crippen molar-refractivity contribution in [3.05, 3.63) is 0 Å². The summed E-state index contributed by atoms with van der Waals surface area (Å²) in [6, 6.07) is 0.272. The lowest BCUT2D eigenvalue weighted by molar-refractivity contribution is -0.00629. The van der Waals surface area contributed by atoms with E-state index in [0.717, 1.165) is 37.0 Å². The van der Waals surface area contributed by atoms with Gasteiger partial charge in [0.25, 0.3) is 0 Å². The van der Waals surface area contributed by atoms with Gasteiger partial charge in [0.15, 0.2) is 0 Å². The molecule has 0 radical (unpaired) electrons. The monoisotopic (exact) mass is 337 g/mol. The van der Waals surface area contributed by atoms with Gasteiger partial charge in [-0.1, -0.05) is 12.8 Å². The molecule has 5 unspecified atom stereocenters. The lowest BCUT2D eigenvalue weighted by Crippen LogP contribution is -2.41. The summed E-state index contributed by atoms with van der Waals surface area (Å²) in [5, 5.41) is 20.0. The summed E-state index contributed by atoms with van der Waals surface area (Å²) in [6.45, 7) is 2.52. The van der Waals surface area contributed by atoms with Gasteiger partial charge < -0.3 is 15.9 Å². The van der Waals surface area contributed by atoms with Crippen molar-refractivity contribution in [3.63, 3.8) is 0 Å². The molecule has 0 bridgehead atoms. The maximum Gasteiger partial charge on any atom is 0.0571 e. The van der Waals surface area contributed by atoms with Gasteiger partial charge in [0, 0.05) is 12.6 Å². The van der Waals surface area contributed by atoms with Crippen LogP contribution in [0.25, 0.3) is 0 Å². The van der Waals surface area contributed by atoms with E-state index in [9.17, 15) is 10.2 Å². The predicted molar refractivity (Wildman–Crippen MR) is 98.5 cm³/mol. The molecule has 3 saturated carbocycles. The molecule has 140 valence electrons. The van der Waals surface area contributed by atoms with Gasteiger partial charge in [-0.3, -0.25) is 0 Å². The average molecular weight is 338 g/mol. The molecular weight excluding hydrogens is 298 g/mol. The van der Waals surface area contributed by atoms with Crippen LogP contribution in [0.15, 0.2) is 0 Å². The van der Waals surface area contributed by atoms with Crippen LogP contribution < -0.4 is 5.73 Å². The number of nitrogens with two attached hydrogens (primary N) is 1. The lowest BCUT2D eigenvalue weighted by Gasteiger charge is -2.44. The SMILES string of the molecule is C[C@H](N)C1CCC(O)C(C2CCC(C3CCCC(CO)C3)CC2)C1. The fourth-order valence-electron chi connectivity index (χ4n) is 6.18. The van der Waals surface area contributed by atoms with Crippen LogP contribution in [0, 0.1) is 35.5 Å². The third kappa shape index (κ3) is 4.34. The minimum atomic E-state index is -0.0880. The maximum absolute atomic E-state index is 10.5. The summed E-state index contributed by atoms with van der Waals surface area (Å²) in [7, 11) is 0. The van der Waals surface area contributed by atoms with Crippen molar-refractivity contribution in [2.45, 2.75) is 89.7 Å². The number of hydrogen-bond acceptors (Lipinski definition) is 3. The molecule has 0 aromatic heterocycles. The molecule has 0 aromatic carbocycles. The average Bonchev–Trinajstić information content (AvgIpc) is 2.62. The summed E-state index contributed by atoms with van der Waals surface area (Å²) in [4.78, 5) is 0. The molecule has 0 saturated heterocycles. The van der Waals surface area contributed by atoms with Crippen molar-refractivity contribution in [3.8, 4) is 0 Å². The standard InChI is InChI=1S/C21H39NO2/c1-14(22)18-9-10-21(24)20(12-18)17-7-5-16(6-8-17)19-4-2-3-15(11-19)13-23/h14-21,23-24H,2-13,22H2,1H3/t14-,15?,16?,17?,18?,19?,20?,21?/m0/s1. The van der Waals surface area contributed by atoms with E-state index in [1.54, 1.807) is 0 Å². The van der Waals surface area contributed by atoms with E-state index in [1.165, 1.54) is 51.4 Å². The van der Waals surface area contributed by atoms with E-state index in [1.807, 2.05) is 0 Å². The highest BCUT2D eigenvalue weighted by atomic mass is 16.3. The second-order valence-corrected chi connectivity index (χ2v) is 9.31. The first-order valence-corrected chi connectivity index (χ1v) is 10.6. The number of aliphatic hydroxyl groups is 2. The largest absolute Gasteiger partial charge is 0.396 e. The molecule has 3 aliphatic carbocycles. The van der Waals surface area contributed by atoms with Gasteiger partial charge in [0.2, 0.25) is 0 Å². The Hall–Kier alpha value is -0.120. The van der Waals surface area contributed by atoms with Gasteiger partial charge in [-0.2, -0.15) is 0 Å². The van der Waals surface area contributed by atoms with Crippen molar-refractivity contribution in [1.29, 1.82) is 0 Å². The van der Waals surface area contributed by atoms with Crippen LogP contribution >= 0.6 is 0 Å². The zero-order valence-corrected chi connectivity index (χ0v) is 15.6. The van der Waals surface area contributed by atoms with Gasteiger partial charge in [-0.15, -0.1) is 0 Å². The van der Waals surface area contributed by atoms with Gasteiger partial charge in [-0.25, -0.2) is 0 Å². The van der Waals surface area contributed by atoms with Crippen LogP contribution in [0.4, 0.5) is 0 Å². The van der Waals surface area contributed by atoms with Gasteiger partial charge in [0.1, 0.15) is 0 Å². The fraction of sp³-hybridized carbons (Fsp3) is 1.00. The Labute approximate surface area is 148 Å². The van der Waals surface area contributed by atoms with E-state index in [-0.39, 0.29) is 12.1 Å². The van der Waals surface area contributed by atoms with Crippen LogP contribution in [-0.2, 0) is 0 Å². The van der Waals surface area contributed by atoms with Gasteiger partial charge in [0.05, 0.1) is 6.10 Å². The molecule has 0 spiro atoms. The molecule has 3 heteroatoms. The van der Waals surface area contributed by atoms with Crippen LogP contribution in [0.5, 0.6) is 0 Å². The van der Waals surface area contributed by atoms with Crippen molar-refractivity contribution in [2.24, 2.45) is 41.2 Å². The lowest BCUT2D eigenvalue weighted by atomic mass is 9.63. The quantitative estimate of drug-likeness (QED) is 0.732. The normalized spacial score (nSPS) is 45.8. The van der Waals surface area contributed by atoms with Crippen LogP contribution in [0.2, 0.25) is 0 Å². The topological polar surface area (TPSA) is 66.5 Å². The number of hydrogen-bond donors (Lipinski definition) is 3. The number of rotatable bonds is 4. The maximum atomic E-state index is 10.5.